The quantitative estimate of drug-likeness (QED) is 0.837. The van der Waals surface area contributed by atoms with E-state index < -0.39 is 6.61 Å². The maximum atomic E-state index is 12.2. The first kappa shape index (κ1) is 11.9. The molecule has 1 aromatic rings. The molecule has 2 N–H and O–H groups in total. The van der Waals surface area contributed by atoms with Crippen molar-refractivity contribution in [2.75, 3.05) is 0 Å². The number of ether oxygens (including phenoxy) is 1. The van der Waals surface area contributed by atoms with Crippen molar-refractivity contribution in [3.05, 3.63) is 29.3 Å². The van der Waals surface area contributed by atoms with Crippen molar-refractivity contribution in [2.24, 2.45) is 5.73 Å². The number of aryl methyl sites for hydroxylation is 1. The minimum Gasteiger partial charge on any atom is -0.434 e. The smallest absolute Gasteiger partial charge is 0.387 e. The van der Waals surface area contributed by atoms with Gasteiger partial charge in [-0.1, -0.05) is 18.2 Å². The van der Waals surface area contributed by atoms with Crippen molar-refractivity contribution in [3.8, 4) is 5.75 Å². The Bertz CT molecular complexity index is 326. The van der Waals surface area contributed by atoms with Crippen LogP contribution in [0.1, 0.15) is 18.1 Å². The number of para-hydroxylation sites is 1. The molecule has 0 radical (unpaired) electrons. The van der Waals surface area contributed by atoms with Crippen LogP contribution in [-0.2, 0) is 6.42 Å². The van der Waals surface area contributed by atoms with Crippen molar-refractivity contribution >= 4 is 0 Å². The Labute approximate surface area is 88.0 Å². The molecule has 1 atom stereocenters. The first-order chi connectivity index (χ1) is 7.00. The molecule has 2 nitrogen and oxygen atoms in total. The average Bonchev–Trinajstić information content (AvgIpc) is 2.09. The van der Waals surface area contributed by atoms with Gasteiger partial charge in [-0.15, -0.1) is 0 Å². The molecule has 15 heavy (non-hydrogen) atoms. The lowest BCUT2D eigenvalue weighted by Crippen LogP contribution is -2.19. The van der Waals surface area contributed by atoms with Crippen molar-refractivity contribution in [2.45, 2.75) is 32.9 Å². The SMILES string of the molecule is Cc1cccc(C[C@H](C)N)c1OC(F)F. The van der Waals surface area contributed by atoms with Gasteiger partial charge in [0, 0.05) is 6.04 Å². The summed E-state index contributed by atoms with van der Waals surface area (Å²) >= 11 is 0. The van der Waals surface area contributed by atoms with Crippen LogP contribution in [0.4, 0.5) is 8.78 Å². The van der Waals surface area contributed by atoms with Gasteiger partial charge < -0.3 is 10.5 Å². The first-order valence-corrected chi connectivity index (χ1v) is 4.79. The van der Waals surface area contributed by atoms with E-state index in [1.54, 1.807) is 19.1 Å². The van der Waals surface area contributed by atoms with Crippen LogP contribution in [0.2, 0.25) is 0 Å². The van der Waals surface area contributed by atoms with E-state index in [-0.39, 0.29) is 11.8 Å². The fourth-order valence-corrected chi connectivity index (χ4v) is 1.48. The number of nitrogens with two attached hydrogens (primary N) is 1. The highest BCUT2D eigenvalue weighted by Crippen LogP contribution is 2.26. The Morgan fingerprint density at radius 1 is 1.40 bits per heavy atom. The molecule has 1 rings (SSSR count). The molecular formula is C11H15F2NO. The fraction of sp³-hybridized carbons (Fsp3) is 0.455. The van der Waals surface area contributed by atoms with Gasteiger partial charge in [-0.2, -0.15) is 8.78 Å². The maximum absolute atomic E-state index is 12.2. The standard InChI is InChI=1S/C11H15F2NO/c1-7-4-3-5-9(6-8(2)14)10(7)15-11(12)13/h3-5,8,11H,6,14H2,1-2H3/t8-/m0/s1. The second-order valence-electron chi connectivity index (χ2n) is 3.62. The van der Waals surface area contributed by atoms with Crippen molar-refractivity contribution in [3.63, 3.8) is 0 Å². The van der Waals surface area contributed by atoms with Gasteiger partial charge in [-0.05, 0) is 31.4 Å². The molecule has 0 spiro atoms. The topological polar surface area (TPSA) is 35.2 Å². The Morgan fingerprint density at radius 3 is 2.60 bits per heavy atom. The van der Waals surface area contributed by atoms with Crippen molar-refractivity contribution in [1.29, 1.82) is 0 Å². The van der Waals surface area contributed by atoms with Gasteiger partial charge in [-0.25, -0.2) is 0 Å². The maximum Gasteiger partial charge on any atom is 0.387 e. The summed E-state index contributed by atoms with van der Waals surface area (Å²) < 4.78 is 28.8. The normalized spacial score (nSPS) is 12.9. The summed E-state index contributed by atoms with van der Waals surface area (Å²) in [5.41, 5.74) is 7.06. The zero-order valence-electron chi connectivity index (χ0n) is 8.84. The molecule has 84 valence electrons. The first-order valence-electron chi connectivity index (χ1n) is 4.79. The minimum atomic E-state index is -2.79. The highest BCUT2D eigenvalue weighted by Gasteiger charge is 2.12. The molecule has 0 unspecified atom stereocenters. The summed E-state index contributed by atoms with van der Waals surface area (Å²) in [5, 5.41) is 0. The fourth-order valence-electron chi connectivity index (χ4n) is 1.48. The second-order valence-corrected chi connectivity index (χ2v) is 3.62. The largest absolute Gasteiger partial charge is 0.434 e. The van der Waals surface area contributed by atoms with Gasteiger partial charge in [0.25, 0.3) is 0 Å². The van der Waals surface area contributed by atoms with Crippen LogP contribution in [0, 0.1) is 6.92 Å². The summed E-state index contributed by atoms with van der Waals surface area (Å²) in [7, 11) is 0. The molecule has 4 heteroatoms. The number of hydrogen-bond donors (Lipinski definition) is 1. The molecule has 0 aliphatic carbocycles. The number of alkyl halides is 2. The van der Waals surface area contributed by atoms with Gasteiger partial charge in [0.15, 0.2) is 0 Å². The van der Waals surface area contributed by atoms with E-state index in [0.29, 0.717) is 12.0 Å². The van der Waals surface area contributed by atoms with Crippen LogP contribution in [0.3, 0.4) is 0 Å². The molecule has 0 aliphatic heterocycles. The van der Waals surface area contributed by atoms with Crippen LogP contribution >= 0.6 is 0 Å². The van der Waals surface area contributed by atoms with Crippen molar-refractivity contribution in [1.82, 2.24) is 0 Å². The highest BCUT2D eigenvalue weighted by atomic mass is 19.3. The van der Waals surface area contributed by atoms with Gasteiger partial charge in [0.05, 0.1) is 0 Å². The van der Waals surface area contributed by atoms with Gasteiger partial charge >= 0.3 is 6.61 Å². The zero-order valence-corrected chi connectivity index (χ0v) is 8.84. The average molecular weight is 215 g/mol. The van der Waals surface area contributed by atoms with E-state index in [9.17, 15) is 8.78 Å². The molecule has 1 aromatic carbocycles. The summed E-state index contributed by atoms with van der Waals surface area (Å²) in [6, 6.07) is 5.23. The van der Waals surface area contributed by atoms with Crippen LogP contribution in [0.5, 0.6) is 5.75 Å². The van der Waals surface area contributed by atoms with Crippen molar-refractivity contribution < 1.29 is 13.5 Å². The molecule has 0 saturated carbocycles. The van der Waals surface area contributed by atoms with E-state index in [2.05, 4.69) is 4.74 Å². The number of rotatable bonds is 4. The molecule has 0 amide bonds. The van der Waals surface area contributed by atoms with Gasteiger partial charge in [0.2, 0.25) is 0 Å². The molecule has 0 fully saturated rings. The van der Waals surface area contributed by atoms with Crippen LogP contribution in [-0.4, -0.2) is 12.7 Å². The molecular weight excluding hydrogens is 200 g/mol. The summed E-state index contributed by atoms with van der Waals surface area (Å²) in [4.78, 5) is 0. The summed E-state index contributed by atoms with van der Waals surface area (Å²) in [5.74, 6) is 0.254. The minimum absolute atomic E-state index is 0.0770. The molecule has 0 aliphatic rings. The van der Waals surface area contributed by atoms with Crippen LogP contribution < -0.4 is 10.5 Å². The van der Waals surface area contributed by atoms with E-state index in [0.717, 1.165) is 5.56 Å². The Hall–Kier alpha value is -1.16. The molecule has 0 saturated heterocycles. The van der Waals surface area contributed by atoms with Crippen LogP contribution in [0.15, 0.2) is 18.2 Å². The molecule has 0 heterocycles. The summed E-state index contributed by atoms with van der Waals surface area (Å²) in [6.45, 7) is 0.773. The van der Waals surface area contributed by atoms with E-state index in [1.807, 2.05) is 13.0 Å². The zero-order chi connectivity index (χ0) is 11.4. The Morgan fingerprint density at radius 2 is 2.07 bits per heavy atom. The third kappa shape index (κ3) is 3.47. The highest BCUT2D eigenvalue weighted by molar-refractivity contribution is 5.41. The van der Waals surface area contributed by atoms with E-state index >= 15 is 0 Å². The second kappa shape index (κ2) is 5.07. The van der Waals surface area contributed by atoms with E-state index in [1.165, 1.54) is 0 Å². The number of hydrogen-bond acceptors (Lipinski definition) is 2. The predicted molar refractivity (Wildman–Crippen MR) is 55.2 cm³/mol. The lowest BCUT2D eigenvalue weighted by Gasteiger charge is -2.14. The molecule has 0 bridgehead atoms. The number of halogens is 2. The predicted octanol–water partition coefficient (Wildman–Crippen LogP) is 2.49. The molecule has 0 aromatic heterocycles. The summed E-state index contributed by atoms with van der Waals surface area (Å²) in [6.07, 6.45) is 0.531. The Balaban J connectivity index is 2.97. The monoisotopic (exact) mass is 215 g/mol. The van der Waals surface area contributed by atoms with Gasteiger partial charge in [0.1, 0.15) is 5.75 Å². The third-order valence-electron chi connectivity index (χ3n) is 2.04. The third-order valence-corrected chi connectivity index (χ3v) is 2.04. The Kier molecular flexibility index (Phi) is 4.03. The number of benzene rings is 1. The lowest BCUT2D eigenvalue weighted by molar-refractivity contribution is -0.0509. The van der Waals surface area contributed by atoms with E-state index in [4.69, 9.17) is 5.73 Å². The van der Waals surface area contributed by atoms with Crippen LogP contribution in [0.25, 0.3) is 0 Å². The lowest BCUT2D eigenvalue weighted by atomic mass is 10.0. The van der Waals surface area contributed by atoms with Gasteiger partial charge in [-0.3, -0.25) is 0 Å².